The minimum absolute atomic E-state index is 0.250. The summed E-state index contributed by atoms with van der Waals surface area (Å²) in [5, 5.41) is 0. The van der Waals surface area contributed by atoms with Gasteiger partial charge in [-0.05, 0) is 18.2 Å². The molecule has 1 heterocycles. The summed E-state index contributed by atoms with van der Waals surface area (Å²) in [4.78, 5) is 15.2. The average Bonchev–Trinajstić information content (AvgIpc) is 2.35. The van der Waals surface area contributed by atoms with Crippen LogP contribution in [0.25, 0.3) is 0 Å². The van der Waals surface area contributed by atoms with E-state index < -0.39 is 34.6 Å². The van der Waals surface area contributed by atoms with E-state index >= 15 is 0 Å². The maximum Gasteiger partial charge on any atom is 0.197 e. The molecule has 2 aromatic rings. The van der Waals surface area contributed by atoms with Crippen LogP contribution in [-0.4, -0.2) is 10.8 Å². The highest BCUT2D eigenvalue weighted by molar-refractivity contribution is 6.08. The summed E-state index contributed by atoms with van der Waals surface area (Å²) >= 11 is 0. The van der Waals surface area contributed by atoms with Gasteiger partial charge in [0.1, 0.15) is 5.82 Å². The van der Waals surface area contributed by atoms with Gasteiger partial charge in [0, 0.05) is 11.8 Å². The lowest BCUT2D eigenvalue weighted by Gasteiger charge is -2.03. The van der Waals surface area contributed by atoms with E-state index in [0.717, 1.165) is 24.5 Å². The van der Waals surface area contributed by atoms with Crippen molar-refractivity contribution in [3.8, 4) is 0 Å². The normalized spacial score (nSPS) is 10.4. The van der Waals surface area contributed by atoms with Crippen LogP contribution in [0.2, 0.25) is 0 Å². The van der Waals surface area contributed by atoms with E-state index in [1.54, 1.807) is 0 Å². The quantitative estimate of drug-likeness (QED) is 0.469. The maximum atomic E-state index is 13.3. The molecule has 0 aliphatic heterocycles. The molecule has 18 heavy (non-hydrogen) atoms. The second kappa shape index (κ2) is 4.56. The van der Waals surface area contributed by atoms with Crippen molar-refractivity contribution < 1.29 is 22.4 Å². The summed E-state index contributed by atoms with van der Waals surface area (Å²) in [6.45, 7) is 0. The van der Waals surface area contributed by atoms with Gasteiger partial charge in [0.25, 0.3) is 0 Å². The van der Waals surface area contributed by atoms with Crippen molar-refractivity contribution in [3.05, 3.63) is 65.0 Å². The van der Waals surface area contributed by atoms with E-state index in [1.807, 2.05) is 0 Å². The van der Waals surface area contributed by atoms with E-state index in [0.29, 0.717) is 6.07 Å². The molecule has 0 spiro atoms. The fourth-order valence-electron chi connectivity index (χ4n) is 1.39. The van der Waals surface area contributed by atoms with E-state index in [4.69, 9.17) is 0 Å². The van der Waals surface area contributed by atoms with Crippen LogP contribution in [-0.2, 0) is 0 Å². The van der Waals surface area contributed by atoms with E-state index in [9.17, 15) is 22.4 Å². The van der Waals surface area contributed by atoms with Crippen LogP contribution in [0.15, 0.2) is 30.6 Å². The van der Waals surface area contributed by atoms with Gasteiger partial charge in [-0.25, -0.2) is 17.6 Å². The molecular weight excluding hydrogens is 250 g/mol. The Labute approximate surface area is 98.9 Å². The number of aromatic nitrogens is 1. The zero-order chi connectivity index (χ0) is 13.3. The topological polar surface area (TPSA) is 30.0 Å². The van der Waals surface area contributed by atoms with Crippen LogP contribution in [0.4, 0.5) is 17.6 Å². The summed E-state index contributed by atoms with van der Waals surface area (Å²) < 4.78 is 51.8. The number of carbonyl (C=O) groups excluding carboxylic acids is 1. The Hall–Kier alpha value is -2.24. The van der Waals surface area contributed by atoms with Gasteiger partial charge in [-0.15, -0.1) is 0 Å². The minimum Gasteiger partial charge on any atom is -0.288 e. The third kappa shape index (κ3) is 2.09. The van der Waals surface area contributed by atoms with Crippen molar-refractivity contribution in [1.82, 2.24) is 4.98 Å². The second-order valence-corrected chi connectivity index (χ2v) is 3.44. The largest absolute Gasteiger partial charge is 0.288 e. The Kier molecular flexibility index (Phi) is 3.10. The molecule has 0 aliphatic rings. The fourth-order valence-corrected chi connectivity index (χ4v) is 1.39. The fraction of sp³-hybridized carbons (Fsp3) is 0. The number of rotatable bonds is 2. The first-order valence-electron chi connectivity index (χ1n) is 4.79. The number of ketones is 1. The molecule has 1 aromatic heterocycles. The third-order valence-electron chi connectivity index (χ3n) is 2.25. The summed E-state index contributed by atoms with van der Waals surface area (Å²) in [7, 11) is 0. The zero-order valence-corrected chi connectivity index (χ0v) is 8.75. The molecule has 0 saturated heterocycles. The van der Waals surface area contributed by atoms with Gasteiger partial charge in [0.05, 0.1) is 11.8 Å². The first kappa shape index (κ1) is 12.2. The first-order chi connectivity index (χ1) is 8.50. The second-order valence-electron chi connectivity index (χ2n) is 3.44. The number of benzene rings is 1. The number of nitrogens with zero attached hydrogens (tertiary/aromatic N) is 1. The molecule has 2 rings (SSSR count). The lowest BCUT2D eigenvalue weighted by Crippen LogP contribution is -2.08. The van der Waals surface area contributed by atoms with Gasteiger partial charge >= 0.3 is 0 Å². The van der Waals surface area contributed by atoms with Gasteiger partial charge < -0.3 is 0 Å². The van der Waals surface area contributed by atoms with Crippen LogP contribution >= 0.6 is 0 Å². The summed E-state index contributed by atoms with van der Waals surface area (Å²) in [5.41, 5.74) is -0.929. The molecule has 0 amide bonds. The first-order valence-corrected chi connectivity index (χ1v) is 4.79. The molecule has 0 aliphatic carbocycles. The Bertz CT molecular complexity index is 627. The number of hydrogen-bond donors (Lipinski definition) is 0. The van der Waals surface area contributed by atoms with Gasteiger partial charge in [0.2, 0.25) is 0 Å². The van der Waals surface area contributed by atoms with E-state index in [1.165, 1.54) is 0 Å². The van der Waals surface area contributed by atoms with Crippen LogP contribution in [0.1, 0.15) is 15.9 Å². The van der Waals surface area contributed by atoms with E-state index in [2.05, 4.69) is 4.98 Å². The summed E-state index contributed by atoms with van der Waals surface area (Å²) in [5.74, 6) is -6.52. The molecular formula is C12H5F4NO. The molecule has 0 saturated carbocycles. The lowest BCUT2D eigenvalue weighted by atomic mass is 10.0. The average molecular weight is 255 g/mol. The Morgan fingerprint density at radius 2 is 1.72 bits per heavy atom. The van der Waals surface area contributed by atoms with E-state index in [-0.39, 0.29) is 5.56 Å². The van der Waals surface area contributed by atoms with Gasteiger partial charge in [-0.2, -0.15) is 0 Å². The molecule has 2 nitrogen and oxygen atoms in total. The number of halogens is 4. The highest BCUT2D eigenvalue weighted by atomic mass is 19.2. The highest BCUT2D eigenvalue weighted by Crippen LogP contribution is 2.18. The standard InChI is InChI=1S/C12H5F4NO/c13-7-3-6(4-17-5-7)12(18)8-1-2-9(14)11(16)10(8)15/h1-5H. The Balaban J connectivity index is 2.50. The van der Waals surface area contributed by atoms with Crippen LogP contribution in [0.5, 0.6) is 0 Å². The predicted octanol–water partition coefficient (Wildman–Crippen LogP) is 2.87. The molecule has 0 fully saturated rings. The van der Waals surface area contributed by atoms with Crippen molar-refractivity contribution in [2.45, 2.75) is 0 Å². The van der Waals surface area contributed by atoms with Crippen LogP contribution in [0, 0.1) is 23.3 Å². The summed E-state index contributed by atoms with van der Waals surface area (Å²) in [6, 6.07) is 2.25. The Morgan fingerprint density at radius 1 is 1.00 bits per heavy atom. The molecule has 0 bridgehead atoms. The third-order valence-corrected chi connectivity index (χ3v) is 2.25. The molecule has 0 radical (unpaired) electrons. The monoisotopic (exact) mass is 255 g/mol. The highest BCUT2D eigenvalue weighted by Gasteiger charge is 2.20. The maximum absolute atomic E-state index is 13.3. The molecule has 0 atom stereocenters. The van der Waals surface area contributed by atoms with Crippen molar-refractivity contribution in [2.24, 2.45) is 0 Å². The molecule has 6 heteroatoms. The van der Waals surface area contributed by atoms with Gasteiger partial charge in [0.15, 0.2) is 23.2 Å². The zero-order valence-electron chi connectivity index (χ0n) is 8.75. The predicted molar refractivity (Wildman–Crippen MR) is 53.9 cm³/mol. The molecule has 92 valence electrons. The Morgan fingerprint density at radius 3 is 2.39 bits per heavy atom. The lowest BCUT2D eigenvalue weighted by molar-refractivity contribution is 0.103. The van der Waals surface area contributed by atoms with Gasteiger partial charge in [-0.3, -0.25) is 9.78 Å². The molecule has 1 aromatic carbocycles. The number of carbonyl (C=O) groups is 1. The number of hydrogen-bond acceptors (Lipinski definition) is 2. The van der Waals surface area contributed by atoms with Crippen molar-refractivity contribution in [2.75, 3.05) is 0 Å². The van der Waals surface area contributed by atoms with Gasteiger partial charge in [-0.1, -0.05) is 0 Å². The van der Waals surface area contributed by atoms with Crippen LogP contribution < -0.4 is 0 Å². The summed E-state index contributed by atoms with van der Waals surface area (Å²) in [6.07, 6.45) is 1.87. The van der Waals surface area contributed by atoms with Crippen molar-refractivity contribution >= 4 is 5.78 Å². The smallest absolute Gasteiger partial charge is 0.197 e. The van der Waals surface area contributed by atoms with Crippen molar-refractivity contribution in [3.63, 3.8) is 0 Å². The SMILES string of the molecule is O=C(c1cncc(F)c1)c1ccc(F)c(F)c1F. The minimum atomic E-state index is -1.75. The van der Waals surface area contributed by atoms with Crippen molar-refractivity contribution in [1.29, 1.82) is 0 Å². The molecule has 0 unspecified atom stereocenters. The number of pyridine rings is 1. The molecule has 0 N–H and O–H groups in total. The van der Waals surface area contributed by atoms with Crippen LogP contribution in [0.3, 0.4) is 0 Å².